The van der Waals surface area contributed by atoms with Crippen LogP contribution in [-0.4, -0.2) is 51.2 Å². The molecule has 154 valence electrons. The first kappa shape index (κ1) is 19.8. The zero-order valence-electron chi connectivity index (χ0n) is 16.6. The summed E-state index contributed by atoms with van der Waals surface area (Å²) in [6.45, 7) is 3.52. The van der Waals surface area contributed by atoms with E-state index in [2.05, 4.69) is 4.98 Å². The van der Waals surface area contributed by atoms with E-state index in [1.54, 1.807) is 23.2 Å². The van der Waals surface area contributed by atoms with Crippen LogP contribution in [0.3, 0.4) is 0 Å². The summed E-state index contributed by atoms with van der Waals surface area (Å²) in [5, 5.41) is 3.93. The van der Waals surface area contributed by atoms with E-state index in [0.29, 0.717) is 44.0 Å². The van der Waals surface area contributed by atoms with Gasteiger partial charge in [-0.05, 0) is 43.6 Å². The Labute approximate surface area is 173 Å². The maximum atomic E-state index is 13.3. The minimum absolute atomic E-state index is 0.0683. The van der Waals surface area contributed by atoms with Gasteiger partial charge >= 0.3 is 0 Å². The number of hydrogen-bond donors (Lipinski definition) is 1. The van der Waals surface area contributed by atoms with Crippen LogP contribution in [0.15, 0.2) is 27.7 Å². The van der Waals surface area contributed by atoms with Crippen molar-refractivity contribution in [1.29, 1.82) is 0 Å². The number of thiophene rings is 1. The number of likely N-dealkylation sites (tertiary alicyclic amines) is 2. The molecular formula is C21H26N4O3S. The molecule has 0 aliphatic carbocycles. The molecule has 1 unspecified atom stereocenters. The Kier molecular flexibility index (Phi) is 5.80. The van der Waals surface area contributed by atoms with Gasteiger partial charge in [-0.25, -0.2) is 4.98 Å². The van der Waals surface area contributed by atoms with Gasteiger partial charge in [-0.2, -0.15) is 11.3 Å². The average Bonchev–Trinajstić information content (AvgIpc) is 3.28. The monoisotopic (exact) mass is 414 g/mol. The maximum Gasteiger partial charge on any atom is 0.251 e. The van der Waals surface area contributed by atoms with Crippen LogP contribution in [0.5, 0.6) is 0 Å². The van der Waals surface area contributed by atoms with Crippen molar-refractivity contribution in [1.82, 2.24) is 19.8 Å². The molecule has 8 heteroatoms. The fourth-order valence-electron chi connectivity index (χ4n) is 4.35. The van der Waals surface area contributed by atoms with Crippen LogP contribution < -0.4 is 5.56 Å². The fraction of sp³-hybridized carbons (Fsp3) is 0.524. The molecule has 0 aromatic carbocycles. The number of piperidine rings is 2. The first-order valence-electron chi connectivity index (χ1n) is 10.2. The molecule has 2 aromatic heterocycles. The number of rotatable bonds is 3. The number of aromatic nitrogens is 2. The molecule has 29 heavy (non-hydrogen) atoms. The first-order valence-corrected chi connectivity index (χ1v) is 11.2. The zero-order chi connectivity index (χ0) is 20.4. The van der Waals surface area contributed by atoms with E-state index in [4.69, 9.17) is 4.98 Å². The molecule has 0 radical (unpaired) electrons. The number of aromatic amines is 1. The second-order valence-corrected chi connectivity index (χ2v) is 8.63. The number of nitrogens with zero attached hydrogens (tertiary/aromatic N) is 3. The summed E-state index contributed by atoms with van der Waals surface area (Å²) < 4.78 is 0. The molecule has 4 rings (SSSR count). The Hall–Kier alpha value is -2.48. The van der Waals surface area contributed by atoms with Gasteiger partial charge in [0.05, 0.1) is 11.7 Å². The van der Waals surface area contributed by atoms with Crippen molar-refractivity contribution in [2.45, 2.75) is 45.1 Å². The predicted molar refractivity (Wildman–Crippen MR) is 111 cm³/mol. The lowest BCUT2D eigenvalue weighted by atomic mass is 9.92. The number of carbonyl (C=O) groups excluding carboxylic acids is 2. The summed E-state index contributed by atoms with van der Waals surface area (Å²) in [5.41, 5.74) is 1.38. The van der Waals surface area contributed by atoms with E-state index in [-0.39, 0.29) is 29.3 Å². The van der Waals surface area contributed by atoms with Gasteiger partial charge < -0.3 is 14.8 Å². The molecule has 2 aliphatic heterocycles. The van der Waals surface area contributed by atoms with E-state index in [0.717, 1.165) is 24.8 Å². The van der Waals surface area contributed by atoms with Gasteiger partial charge in [0.1, 0.15) is 5.82 Å². The van der Waals surface area contributed by atoms with Crippen molar-refractivity contribution in [3.05, 3.63) is 39.1 Å². The number of nitrogens with one attached hydrogen (secondary N) is 1. The van der Waals surface area contributed by atoms with Crippen molar-refractivity contribution < 1.29 is 9.59 Å². The highest BCUT2D eigenvalue weighted by atomic mass is 32.1. The molecular weight excluding hydrogens is 388 g/mol. The summed E-state index contributed by atoms with van der Waals surface area (Å²) in [7, 11) is 0. The van der Waals surface area contributed by atoms with Gasteiger partial charge in [0.25, 0.3) is 5.56 Å². The van der Waals surface area contributed by atoms with Crippen LogP contribution in [0.25, 0.3) is 11.3 Å². The second kappa shape index (κ2) is 8.49. The summed E-state index contributed by atoms with van der Waals surface area (Å²) in [4.78, 5) is 48.5. The highest BCUT2D eigenvalue weighted by Crippen LogP contribution is 2.32. The third-order valence-corrected chi connectivity index (χ3v) is 6.65. The lowest BCUT2D eigenvalue weighted by Crippen LogP contribution is -2.46. The van der Waals surface area contributed by atoms with Gasteiger partial charge in [0.2, 0.25) is 11.8 Å². The largest absolute Gasteiger partial charge is 0.343 e. The highest BCUT2D eigenvalue weighted by Gasteiger charge is 2.35. The topological polar surface area (TPSA) is 86.4 Å². The summed E-state index contributed by atoms with van der Waals surface area (Å²) in [6.07, 6.45) is 4.15. The summed E-state index contributed by atoms with van der Waals surface area (Å²) in [6, 6.07) is 3.26. The minimum Gasteiger partial charge on any atom is -0.343 e. The molecule has 2 aromatic rings. The highest BCUT2D eigenvalue weighted by molar-refractivity contribution is 7.08. The number of carbonyl (C=O) groups is 2. The van der Waals surface area contributed by atoms with Gasteiger partial charge in [-0.1, -0.05) is 0 Å². The smallest absolute Gasteiger partial charge is 0.251 e. The van der Waals surface area contributed by atoms with E-state index < -0.39 is 0 Å². The van der Waals surface area contributed by atoms with Crippen LogP contribution in [0, 0.1) is 5.92 Å². The quantitative estimate of drug-likeness (QED) is 0.837. The zero-order valence-corrected chi connectivity index (χ0v) is 17.4. The number of amides is 2. The fourth-order valence-corrected chi connectivity index (χ4v) is 5.00. The Balaban J connectivity index is 1.56. The van der Waals surface area contributed by atoms with Crippen LogP contribution in [0.4, 0.5) is 0 Å². The Morgan fingerprint density at radius 1 is 1.17 bits per heavy atom. The molecule has 7 nitrogen and oxygen atoms in total. The van der Waals surface area contributed by atoms with Gasteiger partial charge in [0, 0.05) is 49.5 Å². The second-order valence-electron chi connectivity index (χ2n) is 7.85. The lowest BCUT2D eigenvalue weighted by Gasteiger charge is -2.39. The lowest BCUT2D eigenvalue weighted by molar-refractivity contribution is -0.143. The number of hydrogen-bond acceptors (Lipinski definition) is 5. The van der Waals surface area contributed by atoms with Crippen LogP contribution >= 0.6 is 11.3 Å². The Bertz CT molecular complexity index is 932. The minimum atomic E-state index is -0.201. The van der Waals surface area contributed by atoms with Crippen molar-refractivity contribution in [3.8, 4) is 11.3 Å². The molecule has 2 saturated heterocycles. The molecule has 0 saturated carbocycles. The third-order valence-electron chi connectivity index (χ3n) is 5.97. The predicted octanol–water partition coefficient (Wildman–Crippen LogP) is 2.81. The first-order chi connectivity index (χ1) is 14.0. The molecule has 2 fully saturated rings. The van der Waals surface area contributed by atoms with E-state index in [1.807, 2.05) is 21.7 Å². The molecule has 0 spiro atoms. The average molecular weight is 415 g/mol. The third kappa shape index (κ3) is 4.27. The standard InChI is InChI=1S/C21H26N4O3S/c1-14(26)24-9-5-15(6-10-24)21(28)25-8-3-2-4-18(25)20-22-17(12-19(27)23-20)16-7-11-29-13-16/h7,11-13,15,18H,2-6,8-10H2,1H3,(H,22,23,27). The SMILES string of the molecule is CC(=O)N1CCC(C(=O)N2CCCCC2c2nc(-c3ccsc3)cc(=O)[nH]2)CC1. The van der Waals surface area contributed by atoms with Gasteiger partial charge in [-0.3, -0.25) is 14.4 Å². The molecule has 2 aliphatic rings. The number of H-pyrrole nitrogens is 1. The molecule has 1 N–H and O–H groups in total. The van der Waals surface area contributed by atoms with Crippen LogP contribution in [-0.2, 0) is 9.59 Å². The summed E-state index contributed by atoms with van der Waals surface area (Å²) in [5.74, 6) is 0.700. The van der Waals surface area contributed by atoms with E-state index in [9.17, 15) is 14.4 Å². The van der Waals surface area contributed by atoms with Crippen LogP contribution in [0.2, 0.25) is 0 Å². The van der Waals surface area contributed by atoms with Crippen molar-refractivity contribution in [2.24, 2.45) is 5.92 Å². The van der Waals surface area contributed by atoms with Gasteiger partial charge in [-0.15, -0.1) is 0 Å². The van der Waals surface area contributed by atoms with E-state index in [1.165, 1.54) is 6.07 Å². The summed E-state index contributed by atoms with van der Waals surface area (Å²) >= 11 is 1.56. The van der Waals surface area contributed by atoms with Crippen molar-refractivity contribution >= 4 is 23.2 Å². The molecule has 2 amide bonds. The van der Waals surface area contributed by atoms with Crippen molar-refractivity contribution in [3.63, 3.8) is 0 Å². The van der Waals surface area contributed by atoms with Crippen molar-refractivity contribution in [2.75, 3.05) is 19.6 Å². The molecule has 1 atom stereocenters. The Morgan fingerprint density at radius 2 is 1.97 bits per heavy atom. The molecule has 4 heterocycles. The molecule has 0 bridgehead atoms. The maximum absolute atomic E-state index is 13.3. The normalized spacial score (nSPS) is 20.7. The van der Waals surface area contributed by atoms with Crippen LogP contribution in [0.1, 0.15) is 50.9 Å². The van der Waals surface area contributed by atoms with E-state index >= 15 is 0 Å². The van der Waals surface area contributed by atoms with Gasteiger partial charge in [0.15, 0.2) is 0 Å². The Morgan fingerprint density at radius 3 is 2.66 bits per heavy atom.